The van der Waals surface area contributed by atoms with Crippen molar-refractivity contribution in [1.29, 1.82) is 0 Å². The van der Waals surface area contributed by atoms with Gasteiger partial charge in [-0.15, -0.1) is 0 Å². The Hall–Kier alpha value is -1.73. The number of methoxy groups -OCH3 is 1. The molecule has 2 rings (SSSR count). The van der Waals surface area contributed by atoms with E-state index in [-0.39, 0.29) is 12.5 Å². The van der Waals surface area contributed by atoms with Crippen LogP contribution in [0.5, 0.6) is 0 Å². The molecule has 0 fully saturated rings. The average Bonchev–Trinajstić information content (AvgIpc) is 2.67. The first kappa shape index (κ1) is 12.7. The Morgan fingerprint density at radius 1 is 1.67 bits per heavy atom. The summed E-state index contributed by atoms with van der Waals surface area (Å²) in [4.78, 5) is 18.9. The number of aromatic nitrogens is 3. The number of H-pyrrole nitrogens is 1. The molecule has 7 heteroatoms. The normalized spacial score (nSPS) is 10.7. The fourth-order valence-electron chi connectivity index (χ4n) is 1.63. The Labute approximate surface area is 109 Å². The maximum atomic E-state index is 11.7. The maximum Gasteiger partial charge on any atom is 0.240 e. The van der Waals surface area contributed by atoms with Crippen LogP contribution in [0.2, 0.25) is 0 Å². The second-order valence-electron chi connectivity index (χ2n) is 3.73. The first-order valence-electron chi connectivity index (χ1n) is 5.51. The lowest BCUT2D eigenvalue weighted by molar-refractivity contribution is -0.121. The number of carbonyl (C=O) groups is 1. The molecule has 1 amide bonds. The van der Waals surface area contributed by atoms with Crippen LogP contribution < -0.4 is 5.32 Å². The second-order valence-corrected chi connectivity index (χ2v) is 4.12. The van der Waals surface area contributed by atoms with Crippen molar-refractivity contribution in [3.8, 4) is 0 Å². The first-order chi connectivity index (χ1) is 8.72. The Morgan fingerprint density at radius 2 is 2.50 bits per heavy atom. The summed E-state index contributed by atoms with van der Waals surface area (Å²) >= 11 is 5.17. The lowest BCUT2D eigenvalue weighted by atomic mass is 10.4. The zero-order chi connectivity index (χ0) is 13.0. The van der Waals surface area contributed by atoms with Crippen molar-refractivity contribution in [2.75, 3.05) is 20.3 Å². The SMILES string of the molecule is COCCNC(=O)Cn1c(=S)[nH]c2cccnc21. The standard InChI is InChI=1S/C11H14N4O2S/c1-17-6-5-12-9(16)7-15-10-8(14-11(15)18)3-2-4-13-10/h2-4H,5-7H2,1H3,(H,12,16)(H,14,18). The van der Waals surface area contributed by atoms with E-state index in [0.717, 1.165) is 5.52 Å². The van der Waals surface area contributed by atoms with E-state index in [2.05, 4.69) is 15.3 Å². The van der Waals surface area contributed by atoms with E-state index in [9.17, 15) is 4.79 Å². The van der Waals surface area contributed by atoms with Gasteiger partial charge in [0.1, 0.15) is 6.54 Å². The van der Waals surface area contributed by atoms with Crippen LogP contribution in [0.4, 0.5) is 0 Å². The van der Waals surface area contributed by atoms with Gasteiger partial charge in [-0.2, -0.15) is 0 Å². The predicted octanol–water partition coefficient (Wildman–Crippen LogP) is 0.856. The van der Waals surface area contributed by atoms with Crippen molar-refractivity contribution < 1.29 is 9.53 Å². The van der Waals surface area contributed by atoms with Gasteiger partial charge < -0.3 is 15.0 Å². The summed E-state index contributed by atoms with van der Waals surface area (Å²) < 4.78 is 7.03. The highest BCUT2D eigenvalue weighted by Crippen LogP contribution is 2.09. The molecule has 0 bridgehead atoms. The van der Waals surface area contributed by atoms with Gasteiger partial charge in [0.2, 0.25) is 5.91 Å². The molecule has 6 nitrogen and oxygen atoms in total. The Bertz CT molecular complexity index is 604. The minimum Gasteiger partial charge on any atom is -0.383 e. The van der Waals surface area contributed by atoms with Gasteiger partial charge in [-0.1, -0.05) is 0 Å². The number of imidazole rings is 1. The van der Waals surface area contributed by atoms with Gasteiger partial charge in [0, 0.05) is 19.9 Å². The van der Waals surface area contributed by atoms with E-state index in [1.54, 1.807) is 17.9 Å². The Balaban J connectivity index is 2.14. The summed E-state index contributed by atoms with van der Waals surface area (Å²) in [5.41, 5.74) is 1.51. The van der Waals surface area contributed by atoms with Crippen LogP contribution in [0.1, 0.15) is 0 Å². The van der Waals surface area contributed by atoms with Gasteiger partial charge >= 0.3 is 0 Å². The number of amides is 1. The van der Waals surface area contributed by atoms with E-state index in [0.29, 0.717) is 23.6 Å². The van der Waals surface area contributed by atoms with Gasteiger partial charge in [-0.25, -0.2) is 4.98 Å². The monoisotopic (exact) mass is 266 g/mol. The molecule has 0 saturated carbocycles. The van der Waals surface area contributed by atoms with Crippen molar-refractivity contribution in [3.63, 3.8) is 0 Å². The van der Waals surface area contributed by atoms with Gasteiger partial charge in [-0.3, -0.25) is 9.36 Å². The third-order valence-corrected chi connectivity index (χ3v) is 2.78. The number of nitrogens with zero attached hydrogens (tertiary/aromatic N) is 2. The van der Waals surface area contributed by atoms with Crippen molar-refractivity contribution in [2.24, 2.45) is 0 Å². The van der Waals surface area contributed by atoms with Crippen LogP contribution in [0.15, 0.2) is 18.3 Å². The molecule has 2 aromatic rings. The highest BCUT2D eigenvalue weighted by atomic mass is 32.1. The molecule has 0 saturated heterocycles. The van der Waals surface area contributed by atoms with E-state index in [4.69, 9.17) is 17.0 Å². The molecule has 2 N–H and O–H groups in total. The van der Waals surface area contributed by atoms with E-state index >= 15 is 0 Å². The van der Waals surface area contributed by atoms with Crippen molar-refractivity contribution >= 4 is 29.3 Å². The number of ether oxygens (including phenoxy) is 1. The zero-order valence-electron chi connectivity index (χ0n) is 9.97. The molecule has 18 heavy (non-hydrogen) atoms. The lowest BCUT2D eigenvalue weighted by Gasteiger charge is -2.05. The summed E-state index contributed by atoms with van der Waals surface area (Å²) in [5.74, 6) is -0.116. The van der Waals surface area contributed by atoms with Crippen molar-refractivity contribution in [1.82, 2.24) is 19.9 Å². The molecule has 0 aliphatic carbocycles. The van der Waals surface area contributed by atoms with E-state index in [1.165, 1.54) is 0 Å². The van der Waals surface area contributed by atoms with Gasteiger partial charge in [0.05, 0.1) is 12.1 Å². The van der Waals surface area contributed by atoms with Crippen molar-refractivity contribution in [3.05, 3.63) is 23.1 Å². The molecule has 0 spiro atoms. The van der Waals surface area contributed by atoms with Gasteiger partial charge in [0.25, 0.3) is 0 Å². The van der Waals surface area contributed by atoms with Crippen LogP contribution in [-0.2, 0) is 16.1 Å². The summed E-state index contributed by atoms with van der Waals surface area (Å²) in [6, 6.07) is 3.69. The predicted molar refractivity (Wildman–Crippen MR) is 69.8 cm³/mol. The molecule has 0 aromatic carbocycles. The van der Waals surface area contributed by atoms with Crippen LogP contribution >= 0.6 is 12.2 Å². The molecule has 2 heterocycles. The summed E-state index contributed by atoms with van der Waals surface area (Å²) in [7, 11) is 1.59. The molecular formula is C11H14N4O2S. The zero-order valence-corrected chi connectivity index (χ0v) is 10.8. The summed E-state index contributed by atoms with van der Waals surface area (Å²) in [5, 5.41) is 2.74. The van der Waals surface area contributed by atoms with Gasteiger partial charge in [-0.05, 0) is 24.4 Å². The topological polar surface area (TPSA) is 71.9 Å². The number of hydrogen-bond donors (Lipinski definition) is 2. The van der Waals surface area contributed by atoms with E-state index in [1.807, 2.05) is 12.1 Å². The number of carbonyl (C=O) groups excluding carboxylic acids is 1. The highest BCUT2D eigenvalue weighted by Gasteiger charge is 2.08. The molecular weight excluding hydrogens is 252 g/mol. The number of rotatable bonds is 5. The average molecular weight is 266 g/mol. The fraction of sp³-hybridized carbons (Fsp3) is 0.364. The Morgan fingerprint density at radius 3 is 3.28 bits per heavy atom. The third kappa shape index (κ3) is 2.74. The number of nitrogens with one attached hydrogen (secondary N) is 2. The maximum absolute atomic E-state index is 11.7. The summed E-state index contributed by atoms with van der Waals surface area (Å²) in [6.07, 6.45) is 1.67. The summed E-state index contributed by atoms with van der Waals surface area (Å²) in [6.45, 7) is 1.13. The fourth-order valence-corrected chi connectivity index (χ4v) is 1.89. The van der Waals surface area contributed by atoms with Crippen LogP contribution in [0.25, 0.3) is 11.2 Å². The molecule has 2 aromatic heterocycles. The van der Waals surface area contributed by atoms with Crippen LogP contribution in [0.3, 0.4) is 0 Å². The molecule has 0 radical (unpaired) electrons. The van der Waals surface area contributed by atoms with Gasteiger partial charge in [0.15, 0.2) is 10.4 Å². The minimum atomic E-state index is -0.116. The Kier molecular flexibility index (Phi) is 4.06. The third-order valence-electron chi connectivity index (χ3n) is 2.46. The molecule has 96 valence electrons. The lowest BCUT2D eigenvalue weighted by Crippen LogP contribution is -2.30. The molecule has 0 aliphatic rings. The number of pyridine rings is 1. The molecule has 0 atom stereocenters. The second kappa shape index (κ2) is 5.74. The van der Waals surface area contributed by atoms with E-state index < -0.39 is 0 Å². The quantitative estimate of drug-likeness (QED) is 0.622. The largest absolute Gasteiger partial charge is 0.383 e. The smallest absolute Gasteiger partial charge is 0.240 e. The highest BCUT2D eigenvalue weighted by molar-refractivity contribution is 7.71. The first-order valence-corrected chi connectivity index (χ1v) is 5.92. The number of hydrogen-bond acceptors (Lipinski definition) is 4. The number of fused-ring (bicyclic) bond motifs is 1. The van der Waals surface area contributed by atoms with Crippen LogP contribution in [0, 0.1) is 4.77 Å². The number of aromatic amines is 1. The molecule has 0 aliphatic heterocycles. The minimum absolute atomic E-state index is 0.116. The van der Waals surface area contributed by atoms with Crippen LogP contribution in [-0.4, -0.2) is 40.7 Å². The van der Waals surface area contributed by atoms with Crippen molar-refractivity contribution in [2.45, 2.75) is 6.54 Å². The molecule has 0 unspecified atom stereocenters.